The number of hydrogen-bond donors (Lipinski definition) is 1. The lowest BCUT2D eigenvalue weighted by atomic mass is 10.3. The predicted molar refractivity (Wildman–Crippen MR) is 48.0 cm³/mol. The smallest absolute Gasteiger partial charge is 0.125 e. The van der Waals surface area contributed by atoms with Crippen molar-refractivity contribution >= 4 is 23.1 Å². The Morgan fingerprint density at radius 1 is 1.55 bits per heavy atom. The molecule has 0 atom stereocenters. The molecule has 3 nitrogen and oxygen atoms in total. The Labute approximate surface area is 70.8 Å². The van der Waals surface area contributed by atoms with Gasteiger partial charge in [0, 0.05) is 26.4 Å². The topological polar surface area (TPSA) is 42.1 Å². The fourth-order valence-electron chi connectivity index (χ4n) is 0.786. The van der Waals surface area contributed by atoms with Crippen molar-refractivity contribution in [1.82, 2.24) is 4.98 Å². The van der Waals surface area contributed by atoms with Crippen molar-refractivity contribution in [2.75, 3.05) is 24.7 Å². The minimum Gasteiger partial charge on any atom is -0.384 e. The van der Waals surface area contributed by atoms with E-state index in [-0.39, 0.29) is 0 Å². The van der Waals surface area contributed by atoms with Crippen LogP contribution in [0.15, 0.2) is 12.3 Å². The van der Waals surface area contributed by atoms with E-state index in [1.54, 1.807) is 12.3 Å². The normalized spacial score (nSPS) is 9.73. The molecule has 60 valence electrons. The van der Waals surface area contributed by atoms with Gasteiger partial charge in [-0.15, -0.1) is 0 Å². The average molecular weight is 172 g/mol. The van der Waals surface area contributed by atoms with Crippen LogP contribution in [0.2, 0.25) is 5.02 Å². The van der Waals surface area contributed by atoms with Gasteiger partial charge in [-0.05, 0) is 0 Å². The number of anilines is 2. The SMILES string of the molecule is CN(C)c1cc(N)ncc1Cl. The van der Waals surface area contributed by atoms with Crippen molar-refractivity contribution in [1.29, 1.82) is 0 Å². The Hall–Kier alpha value is -0.960. The maximum absolute atomic E-state index is 5.83. The van der Waals surface area contributed by atoms with E-state index >= 15 is 0 Å². The van der Waals surface area contributed by atoms with Crippen molar-refractivity contribution in [2.45, 2.75) is 0 Å². The van der Waals surface area contributed by atoms with Gasteiger partial charge >= 0.3 is 0 Å². The summed E-state index contributed by atoms with van der Waals surface area (Å²) >= 11 is 5.83. The van der Waals surface area contributed by atoms with Gasteiger partial charge in [0.2, 0.25) is 0 Å². The maximum Gasteiger partial charge on any atom is 0.125 e. The molecule has 1 heterocycles. The van der Waals surface area contributed by atoms with Gasteiger partial charge in [-0.25, -0.2) is 4.98 Å². The fourth-order valence-corrected chi connectivity index (χ4v) is 1.06. The Kier molecular flexibility index (Phi) is 2.19. The first kappa shape index (κ1) is 8.14. The van der Waals surface area contributed by atoms with Crippen LogP contribution in [0, 0.1) is 0 Å². The molecule has 0 bridgehead atoms. The Bertz CT molecular complexity index is 260. The zero-order valence-electron chi connectivity index (χ0n) is 6.50. The van der Waals surface area contributed by atoms with Gasteiger partial charge in [0.15, 0.2) is 0 Å². The summed E-state index contributed by atoms with van der Waals surface area (Å²) < 4.78 is 0. The second-order valence-electron chi connectivity index (χ2n) is 2.46. The van der Waals surface area contributed by atoms with Gasteiger partial charge in [-0.3, -0.25) is 0 Å². The third-order valence-electron chi connectivity index (χ3n) is 1.34. The maximum atomic E-state index is 5.83. The summed E-state index contributed by atoms with van der Waals surface area (Å²) in [6, 6.07) is 1.74. The molecule has 0 saturated heterocycles. The molecule has 0 radical (unpaired) electrons. The molecule has 0 amide bonds. The molecule has 0 aliphatic carbocycles. The number of rotatable bonds is 1. The zero-order chi connectivity index (χ0) is 8.43. The molecule has 4 heteroatoms. The van der Waals surface area contributed by atoms with E-state index in [4.69, 9.17) is 17.3 Å². The summed E-state index contributed by atoms with van der Waals surface area (Å²) in [6.45, 7) is 0. The summed E-state index contributed by atoms with van der Waals surface area (Å²) in [7, 11) is 3.81. The minimum atomic E-state index is 0.484. The number of halogens is 1. The van der Waals surface area contributed by atoms with E-state index in [1.165, 1.54) is 0 Å². The van der Waals surface area contributed by atoms with Crippen molar-refractivity contribution in [3.8, 4) is 0 Å². The Balaban J connectivity index is 3.13. The van der Waals surface area contributed by atoms with Crippen LogP contribution in [0.1, 0.15) is 0 Å². The lowest BCUT2D eigenvalue weighted by molar-refractivity contribution is 1.12. The molecule has 0 spiro atoms. The van der Waals surface area contributed by atoms with Crippen LogP contribution in [0.25, 0.3) is 0 Å². The largest absolute Gasteiger partial charge is 0.384 e. The van der Waals surface area contributed by atoms with Crippen LogP contribution in [-0.4, -0.2) is 19.1 Å². The molecule has 1 aromatic rings. The van der Waals surface area contributed by atoms with Gasteiger partial charge in [-0.2, -0.15) is 0 Å². The molecule has 0 aliphatic heterocycles. The van der Waals surface area contributed by atoms with Crippen LogP contribution < -0.4 is 10.6 Å². The Morgan fingerprint density at radius 3 is 2.64 bits per heavy atom. The molecular formula is C7H10ClN3. The molecule has 11 heavy (non-hydrogen) atoms. The van der Waals surface area contributed by atoms with E-state index in [0.717, 1.165) is 5.69 Å². The van der Waals surface area contributed by atoms with E-state index in [1.807, 2.05) is 19.0 Å². The molecule has 1 aromatic heterocycles. The zero-order valence-corrected chi connectivity index (χ0v) is 7.26. The first-order valence-electron chi connectivity index (χ1n) is 3.19. The van der Waals surface area contributed by atoms with Crippen LogP contribution in [0.3, 0.4) is 0 Å². The van der Waals surface area contributed by atoms with E-state index in [0.29, 0.717) is 10.8 Å². The summed E-state index contributed by atoms with van der Waals surface area (Å²) in [4.78, 5) is 5.73. The quantitative estimate of drug-likeness (QED) is 0.694. The van der Waals surface area contributed by atoms with Crippen LogP contribution in [-0.2, 0) is 0 Å². The number of hydrogen-bond acceptors (Lipinski definition) is 3. The van der Waals surface area contributed by atoms with Crippen molar-refractivity contribution in [3.05, 3.63) is 17.3 Å². The van der Waals surface area contributed by atoms with E-state index in [2.05, 4.69) is 4.98 Å². The standard InChI is InChI=1S/C7H10ClN3/c1-11(2)6-3-7(9)10-4-5(6)8/h3-4H,1-2H3,(H2,9,10). The van der Waals surface area contributed by atoms with Crippen molar-refractivity contribution < 1.29 is 0 Å². The van der Waals surface area contributed by atoms with E-state index in [9.17, 15) is 0 Å². The Morgan fingerprint density at radius 2 is 2.18 bits per heavy atom. The van der Waals surface area contributed by atoms with Crippen molar-refractivity contribution in [3.63, 3.8) is 0 Å². The number of nitrogens with zero attached hydrogens (tertiary/aromatic N) is 2. The molecule has 2 N–H and O–H groups in total. The minimum absolute atomic E-state index is 0.484. The molecule has 1 rings (SSSR count). The summed E-state index contributed by atoms with van der Waals surface area (Å²) in [5.41, 5.74) is 6.36. The van der Waals surface area contributed by atoms with Crippen LogP contribution in [0.5, 0.6) is 0 Å². The highest BCUT2D eigenvalue weighted by atomic mass is 35.5. The van der Waals surface area contributed by atoms with Crippen LogP contribution in [0.4, 0.5) is 11.5 Å². The van der Waals surface area contributed by atoms with Gasteiger partial charge in [0.05, 0.1) is 10.7 Å². The molecule has 0 saturated carbocycles. The first-order chi connectivity index (χ1) is 5.11. The molecule has 0 aliphatic rings. The van der Waals surface area contributed by atoms with Crippen molar-refractivity contribution in [2.24, 2.45) is 0 Å². The highest BCUT2D eigenvalue weighted by Gasteiger charge is 2.02. The highest BCUT2D eigenvalue weighted by Crippen LogP contribution is 2.23. The summed E-state index contributed by atoms with van der Waals surface area (Å²) in [5, 5.41) is 0.615. The molecule has 0 aromatic carbocycles. The van der Waals surface area contributed by atoms with Gasteiger partial charge in [0.25, 0.3) is 0 Å². The fraction of sp³-hybridized carbons (Fsp3) is 0.286. The molecule has 0 unspecified atom stereocenters. The summed E-state index contributed by atoms with van der Waals surface area (Å²) in [5.74, 6) is 0.484. The average Bonchev–Trinajstić information content (AvgIpc) is 1.94. The second-order valence-corrected chi connectivity index (χ2v) is 2.86. The third kappa shape index (κ3) is 1.74. The monoisotopic (exact) mass is 171 g/mol. The first-order valence-corrected chi connectivity index (χ1v) is 3.57. The highest BCUT2D eigenvalue weighted by molar-refractivity contribution is 6.33. The van der Waals surface area contributed by atoms with Crippen LogP contribution >= 0.6 is 11.6 Å². The number of nitrogen functional groups attached to an aromatic ring is 1. The number of nitrogens with two attached hydrogens (primary N) is 1. The molecule has 0 fully saturated rings. The second kappa shape index (κ2) is 2.96. The number of aromatic nitrogens is 1. The van der Waals surface area contributed by atoms with Gasteiger partial charge < -0.3 is 10.6 Å². The predicted octanol–water partition coefficient (Wildman–Crippen LogP) is 1.38. The van der Waals surface area contributed by atoms with E-state index < -0.39 is 0 Å². The third-order valence-corrected chi connectivity index (χ3v) is 1.63. The lowest BCUT2D eigenvalue weighted by Crippen LogP contribution is -2.09. The van der Waals surface area contributed by atoms with Gasteiger partial charge in [0.1, 0.15) is 5.82 Å². The van der Waals surface area contributed by atoms with Gasteiger partial charge in [-0.1, -0.05) is 11.6 Å². The summed E-state index contributed by atoms with van der Waals surface area (Å²) in [6.07, 6.45) is 1.55. The lowest BCUT2D eigenvalue weighted by Gasteiger charge is -2.13. The molecular weight excluding hydrogens is 162 g/mol. The number of pyridine rings is 1.